The predicted octanol–water partition coefficient (Wildman–Crippen LogP) is 4.26. The molecule has 0 radical (unpaired) electrons. The maximum Gasteiger partial charge on any atom is 0.224 e. The molecule has 5 heteroatoms. The van der Waals surface area contributed by atoms with Crippen LogP contribution in [-0.2, 0) is 11.2 Å². The Kier molecular flexibility index (Phi) is 3.41. The number of alkyl halides is 1. The Morgan fingerprint density at radius 2 is 2.21 bits per heavy atom. The summed E-state index contributed by atoms with van der Waals surface area (Å²) in [7, 11) is 0. The second-order valence-electron chi connectivity index (χ2n) is 4.46. The lowest BCUT2D eigenvalue weighted by molar-refractivity contribution is -0.116. The van der Waals surface area contributed by atoms with E-state index in [9.17, 15) is 9.18 Å². The van der Waals surface area contributed by atoms with Crippen molar-refractivity contribution in [1.82, 2.24) is 0 Å². The number of amides is 1. The molecule has 2 heterocycles. The summed E-state index contributed by atoms with van der Waals surface area (Å²) in [5.74, 6) is -0.343. The van der Waals surface area contributed by atoms with Crippen molar-refractivity contribution in [3.8, 4) is 0 Å². The van der Waals surface area contributed by atoms with E-state index in [-0.39, 0.29) is 16.6 Å². The number of fused-ring (bicyclic) bond motifs is 1. The molecule has 1 aromatic carbocycles. The van der Waals surface area contributed by atoms with Crippen LogP contribution in [0.25, 0.3) is 0 Å². The van der Waals surface area contributed by atoms with E-state index < -0.39 is 0 Å². The lowest BCUT2D eigenvalue weighted by atomic mass is 9.98. The first-order valence-corrected chi connectivity index (χ1v) is 7.74. The minimum absolute atomic E-state index is 0.0479. The second kappa shape index (κ2) is 5.06. The van der Waals surface area contributed by atoms with E-state index in [1.54, 1.807) is 11.3 Å². The van der Waals surface area contributed by atoms with Crippen LogP contribution < -0.4 is 5.32 Å². The second-order valence-corrected chi connectivity index (χ2v) is 6.35. The highest BCUT2D eigenvalue weighted by atomic mass is 79.9. The third-order valence-electron chi connectivity index (χ3n) is 3.18. The molecule has 2 aromatic rings. The summed E-state index contributed by atoms with van der Waals surface area (Å²) < 4.78 is 14.2. The molecule has 1 atom stereocenters. The number of thiophene rings is 1. The van der Waals surface area contributed by atoms with Crippen molar-refractivity contribution >= 4 is 38.9 Å². The maximum atomic E-state index is 14.2. The number of aryl methyl sites for hydroxylation is 1. The number of hydrogen-bond acceptors (Lipinski definition) is 2. The summed E-state index contributed by atoms with van der Waals surface area (Å²) in [6, 6.07) is 7.20. The largest absolute Gasteiger partial charge is 0.326 e. The van der Waals surface area contributed by atoms with Gasteiger partial charge in [0.05, 0.1) is 4.83 Å². The Labute approximate surface area is 122 Å². The van der Waals surface area contributed by atoms with Gasteiger partial charge in [-0.25, -0.2) is 4.39 Å². The molecular formula is C14H11BrFNOS. The zero-order chi connectivity index (χ0) is 13.4. The van der Waals surface area contributed by atoms with Crippen molar-refractivity contribution in [2.24, 2.45) is 0 Å². The van der Waals surface area contributed by atoms with Gasteiger partial charge >= 0.3 is 0 Å². The fraction of sp³-hybridized carbons (Fsp3) is 0.214. The van der Waals surface area contributed by atoms with Crippen LogP contribution in [0.2, 0.25) is 0 Å². The third-order valence-corrected chi connectivity index (χ3v) is 5.41. The van der Waals surface area contributed by atoms with E-state index in [1.807, 2.05) is 23.6 Å². The molecule has 1 aliphatic heterocycles. The SMILES string of the molecule is O=C1CCc2cc(C(Br)c3cccs3)c(F)cc2N1. The first-order chi connectivity index (χ1) is 9.15. The molecule has 98 valence electrons. The van der Waals surface area contributed by atoms with E-state index in [0.29, 0.717) is 24.1 Å². The summed E-state index contributed by atoms with van der Waals surface area (Å²) in [5.41, 5.74) is 2.22. The highest BCUT2D eigenvalue weighted by Crippen LogP contribution is 2.37. The topological polar surface area (TPSA) is 29.1 Å². The lowest BCUT2D eigenvalue weighted by Gasteiger charge is -2.19. The summed E-state index contributed by atoms with van der Waals surface area (Å²) >= 11 is 5.14. The number of hydrogen-bond donors (Lipinski definition) is 1. The Balaban J connectivity index is 2.01. The molecule has 0 fully saturated rings. The molecule has 1 amide bonds. The summed E-state index contributed by atoms with van der Waals surface area (Å²) in [6.45, 7) is 0. The maximum absolute atomic E-state index is 14.2. The molecule has 0 saturated carbocycles. The third kappa shape index (κ3) is 2.44. The average Bonchev–Trinajstić information content (AvgIpc) is 2.91. The molecule has 0 aliphatic carbocycles. The smallest absolute Gasteiger partial charge is 0.224 e. The van der Waals surface area contributed by atoms with Gasteiger partial charge < -0.3 is 5.32 Å². The fourth-order valence-electron chi connectivity index (χ4n) is 2.20. The van der Waals surface area contributed by atoms with Crippen LogP contribution in [0.3, 0.4) is 0 Å². The minimum Gasteiger partial charge on any atom is -0.326 e. The van der Waals surface area contributed by atoms with Crippen molar-refractivity contribution in [1.29, 1.82) is 0 Å². The van der Waals surface area contributed by atoms with E-state index in [2.05, 4.69) is 21.2 Å². The lowest BCUT2D eigenvalue weighted by Crippen LogP contribution is -2.19. The summed E-state index contributed by atoms with van der Waals surface area (Å²) in [4.78, 5) is 12.2. The van der Waals surface area contributed by atoms with Gasteiger partial charge in [-0.15, -0.1) is 11.3 Å². The molecule has 1 unspecified atom stereocenters. The van der Waals surface area contributed by atoms with Crippen LogP contribution in [-0.4, -0.2) is 5.91 Å². The molecule has 0 spiro atoms. The van der Waals surface area contributed by atoms with E-state index in [1.165, 1.54) is 6.07 Å². The van der Waals surface area contributed by atoms with Crippen molar-refractivity contribution < 1.29 is 9.18 Å². The number of nitrogens with one attached hydrogen (secondary N) is 1. The Hall–Kier alpha value is -1.20. The molecule has 2 nitrogen and oxygen atoms in total. The number of halogens is 2. The molecule has 1 N–H and O–H groups in total. The van der Waals surface area contributed by atoms with Gasteiger partial charge in [0.25, 0.3) is 0 Å². The number of benzene rings is 1. The van der Waals surface area contributed by atoms with Crippen LogP contribution in [0.1, 0.15) is 27.3 Å². The zero-order valence-electron chi connectivity index (χ0n) is 9.95. The molecule has 0 bridgehead atoms. The number of anilines is 1. The number of rotatable bonds is 2. The standard InChI is InChI=1S/C14H11BrFNOS/c15-14(12-2-1-5-19-12)9-6-8-3-4-13(18)17-11(8)7-10(9)16/h1-2,5-7,14H,3-4H2,(H,17,18). The highest BCUT2D eigenvalue weighted by Gasteiger charge is 2.21. The van der Waals surface area contributed by atoms with Gasteiger partial charge in [-0.1, -0.05) is 22.0 Å². The van der Waals surface area contributed by atoms with Crippen LogP contribution in [0, 0.1) is 5.82 Å². The van der Waals surface area contributed by atoms with E-state index in [4.69, 9.17) is 0 Å². The summed E-state index contributed by atoms with van der Waals surface area (Å²) in [6.07, 6.45) is 1.13. The molecular weight excluding hydrogens is 329 g/mol. The van der Waals surface area contributed by atoms with Gasteiger partial charge in [0.15, 0.2) is 0 Å². The first kappa shape index (κ1) is 12.8. The normalized spacial score (nSPS) is 15.8. The Morgan fingerprint density at radius 3 is 2.95 bits per heavy atom. The predicted molar refractivity (Wildman–Crippen MR) is 78.4 cm³/mol. The van der Waals surface area contributed by atoms with E-state index in [0.717, 1.165) is 10.4 Å². The molecule has 1 aromatic heterocycles. The quantitative estimate of drug-likeness (QED) is 0.814. The Morgan fingerprint density at radius 1 is 1.37 bits per heavy atom. The van der Waals surface area contributed by atoms with Gasteiger partial charge in [-0.3, -0.25) is 4.79 Å². The van der Waals surface area contributed by atoms with Gasteiger partial charge in [0, 0.05) is 22.5 Å². The van der Waals surface area contributed by atoms with Crippen molar-refractivity contribution in [2.75, 3.05) is 5.32 Å². The van der Waals surface area contributed by atoms with Crippen molar-refractivity contribution in [3.63, 3.8) is 0 Å². The molecule has 3 rings (SSSR count). The monoisotopic (exact) mass is 339 g/mol. The summed E-state index contributed by atoms with van der Waals surface area (Å²) in [5, 5.41) is 4.68. The van der Waals surface area contributed by atoms with Gasteiger partial charge in [0.2, 0.25) is 5.91 Å². The van der Waals surface area contributed by atoms with Gasteiger partial charge in [-0.05, 0) is 35.6 Å². The van der Waals surface area contributed by atoms with Crippen molar-refractivity contribution in [2.45, 2.75) is 17.7 Å². The van der Waals surface area contributed by atoms with Crippen molar-refractivity contribution in [3.05, 3.63) is 51.5 Å². The number of carbonyl (C=O) groups excluding carboxylic acids is 1. The van der Waals surface area contributed by atoms with Crippen LogP contribution in [0.15, 0.2) is 29.6 Å². The van der Waals surface area contributed by atoms with Gasteiger partial charge in [-0.2, -0.15) is 0 Å². The molecule has 1 aliphatic rings. The van der Waals surface area contributed by atoms with Gasteiger partial charge in [0.1, 0.15) is 5.82 Å². The van der Waals surface area contributed by atoms with Crippen LogP contribution >= 0.6 is 27.3 Å². The Bertz CT molecular complexity index is 627. The highest BCUT2D eigenvalue weighted by molar-refractivity contribution is 9.09. The molecule has 0 saturated heterocycles. The minimum atomic E-state index is -0.295. The molecule has 19 heavy (non-hydrogen) atoms. The van der Waals surface area contributed by atoms with Crippen LogP contribution in [0.4, 0.5) is 10.1 Å². The number of carbonyl (C=O) groups is 1. The van der Waals surface area contributed by atoms with E-state index >= 15 is 0 Å². The van der Waals surface area contributed by atoms with Crippen LogP contribution in [0.5, 0.6) is 0 Å². The first-order valence-electron chi connectivity index (χ1n) is 5.95. The average molecular weight is 340 g/mol. The zero-order valence-corrected chi connectivity index (χ0v) is 12.4. The fourth-order valence-corrected chi connectivity index (χ4v) is 3.75.